The molecular weight excluding hydrogens is 628 g/mol. The van der Waals surface area contributed by atoms with Gasteiger partial charge in [0.2, 0.25) is 6.29 Å². The number of carbonyl (C=O) groups excluding carboxylic acids is 2. The van der Waals surface area contributed by atoms with Crippen LogP contribution in [0.1, 0.15) is 52.5 Å². The lowest BCUT2D eigenvalue weighted by atomic mass is 9.88. The Labute approximate surface area is 281 Å². The van der Waals surface area contributed by atoms with E-state index in [1.807, 2.05) is 13.8 Å². The fourth-order valence-corrected chi connectivity index (χ4v) is 6.17. The number of hydrogen-bond donors (Lipinski definition) is 7. The summed E-state index contributed by atoms with van der Waals surface area (Å²) in [4.78, 5) is 25.0. The molecule has 2 bridgehead atoms. The summed E-state index contributed by atoms with van der Waals surface area (Å²) in [5, 5.41) is 54.9. The van der Waals surface area contributed by atoms with E-state index in [0.717, 1.165) is 0 Å². The molecule has 1 aromatic carbocycles. The molecule has 1 fully saturated rings. The normalized spacial score (nSPS) is 36.6. The molecule has 1 saturated heterocycles. The molecule has 0 spiro atoms. The van der Waals surface area contributed by atoms with Gasteiger partial charge in [0.25, 0.3) is 5.91 Å². The number of aliphatic hydroxyl groups is 5. The molecule has 2 aliphatic rings. The van der Waals surface area contributed by atoms with E-state index in [1.54, 1.807) is 44.2 Å². The van der Waals surface area contributed by atoms with Gasteiger partial charge in [0, 0.05) is 31.4 Å². The van der Waals surface area contributed by atoms with Crippen LogP contribution in [-0.2, 0) is 30.2 Å². The number of carbonyl (C=O) groups is 2. The van der Waals surface area contributed by atoms with Crippen LogP contribution >= 0.6 is 0 Å². The fraction of sp³-hybridized carbons (Fsp3) is 0.647. The van der Waals surface area contributed by atoms with Gasteiger partial charge in [0.15, 0.2) is 6.10 Å². The fourth-order valence-electron chi connectivity index (χ4n) is 6.17. The predicted molar refractivity (Wildman–Crippen MR) is 175 cm³/mol. The Hall–Kier alpha value is -3.08. The topological polar surface area (TPSA) is 219 Å². The molecule has 48 heavy (non-hydrogen) atoms. The number of rotatable bonds is 6. The maximum absolute atomic E-state index is 13.2. The molecule has 2 amide bonds. The van der Waals surface area contributed by atoms with E-state index in [4.69, 9.17) is 29.4 Å². The van der Waals surface area contributed by atoms with Crippen molar-refractivity contribution in [1.82, 2.24) is 0 Å². The number of primary amides is 1. The molecule has 1 aromatic rings. The summed E-state index contributed by atoms with van der Waals surface area (Å²) < 4.78 is 28.4. The van der Waals surface area contributed by atoms with Gasteiger partial charge >= 0.3 is 6.09 Å². The molecule has 11 atom stereocenters. The van der Waals surface area contributed by atoms with E-state index < -0.39 is 73.7 Å². The second-order valence-corrected chi connectivity index (χ2v) is 12.8. The maximum Gasteiger partial charge on any atom is 0.405 e. The number of fused-ring (bicyclic) bond motifs is 2. The monoisotopic (exact) mass is 680 g/mol. The average Bonchev–Trinajstić information content (AvgIpc) is 3.04. The van der Waals surface area contributed by atoms with Crippen molar-refractivity contribution in [3.63, 3.8) is 0 Å². The quantitative estimate of drug-likeness (QED) is 0.213. The van der Waals surface area contributed by atoms with Gasteiger partial charge in [0.05, 0.1) is 24.9 Å². The van der Waals surface area contributed by atoms with Crippen LogP contribution < -0.4 is 15.8 Å². The Morgan fingerprint density at radius 1 is 1.02 bits per heavy atom. The highest BCUT2D eigenvalue weighted by molar-refractivity contribution is 6.03. The molecule has 2 heterocycles. The summed E-state index contributed by atoms with van der Waals surface area (Å²) in [6.07, 6.45) is -6.06. The largest absolute Gasteiger partial charge is 0.462 e. The first-order valence-corrected chi connectivity index (χ1v) is 16.2. The van der Waals surface area contributed by atoms with E-state index in [-0.39, 0.29) is 17.6 Å². The number of amides is 2. The third-order valence-corrected chi connectivity index (χ3v) is 8.95. The lowest BCUT2D eigenvalue weighted by molar-refractivity contribution is -0.277. The molecular formula is C34H52N2O12. The standard InChI is InChI=1S/C34H52N2O12/c1-17-12-21-15-22(10-11-23(21)46-33-30(41)29(40)28(39)26(16-37)47-33)36-32(42)18(2)8-7-9-24(44-5)31(48-34(35)43)20(4)14-19(3)27(38)25(13-17)45-6/h8,10-11,14-15,17,19,24-31,33,37-41H,7,9,12-13,16H2,1-6H3,(H2,35,43)(H,36,42)/b18-8+,20-14+/t17-,19?,24+,25+,26?,27+,28?,29?,30?,31+,33?/m1/s1. The summed E-state index contributed by atoms with van der Waals surface area (Å²) in [6, 6.07) is 4.95. The van der Waals surface area contributed by atoms with Gasteiger partial charge in [-0.1, -0.05) is 26.0 Å². The maximum atomic E-state index is 13.2. The van der Waals surface area contributed by atoms with Crippen molar-refractivity contribution >= 4 is 17.7 Å². The Kier molecular flexibility index (Phi) is 14.8. The third kappa shape index (κ3) is 10.2. The molecule has 0 aromatic heterocycles. The van der Waals surface area contributed by atoms with E-state index >= 15 is 0 Å². The van der Waals surface area contributed by atoms with Crippen LogP contribution in [-0.4, -0.2) is 113 Å². The molecule has 0 saturated carbocycles. The van der Waals surface area contributed by atoms with Crippen molar-refractivity contribution in [3.8, 4) is 5.75 Å². The zero-order chi connectivity index (χ0) is 35.7. The van der Waals surface area contributed by atoms with Crippen molar-refractivity contribution in [1.29, 1.82) is 0 Å². The number of nitrogens with one attached hydrogen (secondary N) is 1. The first-order chi connectivity index (χ1) is 22.7. The molecule has 6 unspecified atom stereocenters. The van der Waals surface area contributed by atoms with Crippen LogP contribution in [0.5, 0.6) is 5.75 Å². The summed E-state index contributed by atoms with van der Waals surface area (Å²) in [7, 11) is 3.01. The second kappa shape index (κ2) is 18.1. The van der Waals surface area contributed by atoms with Gasteiger partial charge in [-0.2, -0.15) is 0 Å². The number of benzene rings is 1. The minimum Gasteiger partial charge on any atom is -0.462 e. The minimum atomic E-state index is -1.62. The molecule has 270 valence electrons. The van der Waals surface area contributed by atoms with Gasteiger partial charge in [-0.3, -0.25) is 4.79 Å². The average molecular weight is 681 g/mol. The second-order valence-electron chi connectivity index (χ2n) is 12.8. The highest BCUT2D eigenvalue weighted by Gasteiger charge is 2.45. The molecule has 0 aliphatic carbocycles. The number of anilines is 1. The van der Waals surface area contributed by atoms with Gasteiger partial charge in [-0.15, -0.1) is 0 Å². The van der Waals surface area contributed by atoms with Crippen molar-refractivity contribution in [2.75, 3.05) is 26.1 Å². The predicted octanol–water partition coefficient (Wildman–Crippen LogP) is 1.55. The summed E-state index contributed by atoms with van der Waals surface area (Å²) >= 11 is 0. The Morgan fingerprint density at radius 2 is 1.71 bits per heavy atom. The highest BCUT2D eigenvalue weighted by Crippen LogP contribution is 2.32. The van der Waals surface area contributed by atoms with Crippen LogP contribution in [0.4, 0.5) is 10.5 Å². The molecule has 14 nitrogen and oxygen atoms in total. The Balaban J connectivity index is 2.00. The van der Waals surface area contributed by atoms with Crippen molar-refractivity contribution in [3.05, 3.63) is 47.1 Å². The lowest BCUT2D eigenvalue weighted by Gasteiger charge is -2.39. The Bertz CT molecular complexity index is 1290. The van der Waals surface area contributed by atoms with Crippen molar-refractivity contribution in [2.24, 2.45) is 17.6 Å². The lowest BCUT2D eigenvalue weighted by Crippen LogP contribution is -2.60. The summed E-state index contributed by atoms with van der Waals surface area (Å²) in [5.74, 6) is -0.591. The van der Waals surface area contributed by atoms with Gasteiger partial charge in [-0.25, -0.2) is 4.79 Å². The smallest absolute Gasteiger partial charge is 0.405 e. The zero-order valence-electron chi connectivity index (χ0n) is 28.4. The number of allylic oxidation sites excluding steroid dienone is 1. The van der Waals surface area contributed by atoms with E-state index in [2.05, 4.69) is 5.32 Å². The van der Waals surface area contributed by atoms with Crippen LogP contribution in [0, 0.1) is 11.8 Å². The van der Waals surface area contributed by atoms with Crippen LogP contribution in [0.2, 0.25) is 0 Å². The van der Waals surface area contributed by atoms with Crippen molar-refractivity contribution in [2.45, 2.75) is 108 Å². The van der Waals surface area contributed by atoms with E-state index in [1.165, 1.54) is 14.2 Å². The third-order valence-electron chi connectivity index (χ3n) is 8.95. The van der Waals surface area contributed by atoms with Crippen LogP contribution in [0.25, 0.3) is 0 Å². The molecule has 3 rings (SSSR count). The minimum absolute atomic E-state index is 0.113. The first-order valence-electron chi connectivity index (χ1n) is 16.2. The van der Waals surface area contributed by atoms with E-state index in [9.17, 15) is 35.1 Å². The number of methoxy groups -OCH3 is 2. The van der Waals surface area contributed by atoms with Crippen molar-refractivity contribution < 1.29 is 58.8 Å². The SMILES string of the molecule is CO[C@H]1CC/C=C(\C)C(=O)Nc2ccc(OC3OC(CO)C(O)C(O)C3O)c(c2)C[C@@H](C)C[C@H](OC)[C@@H](O)C(C)/C=C(\C)[C@@H]1OC(N)=O. The van der Waals surface area contributed by atoms with Crippen LogP contribution in [0.15, 0.2) is 41.5 Å². The highest BCUT2D eigenvalue weighted by atomic mass is 16.7. The first kappa shape index (κ1) is 39.4. The van der Waals surface area contributed by atoms with E-state index in [0.29, 0.717) is 48.1 Å². The van der Waals surface area contributed by atoms with Gasteiger partial charge < -0.3 is 60.3 Å². The van der Waals surface area contributed by atoms with Crippen LogP contribution in [0.3, 0.4) is 0 Å². The van der Waals surface area contributed by atoms with Gasteiger partial charge in [0.1, 0.15) is 30.2 Å². The van der Waals surface area contributed by atoms with Gasteiger partial charge in [-0.05, 0) is 74.8 Å². The molecule has 8 N–H and O–H groups in total. The summed E-state index contributed by atoms with van der Waals surface area (Å²) in [6.45, 7) is 6.63. The summed E-state index contributed by atoms with van der Waals surface area (Å²) in [5.41, 5.74) is 7.57. The molecule has 14 heteroatoms. The Morgan fingerprint density at radius 3 is 2.33 bits per heavy atom. The molecule has 2 aliphatic heterocycles. The number of ether oxygens (including phenoxy) is 5. The molecule has 0 radical (unpaired) electrons. The number of nitrogens with two attached hydrogens (primary N) is 1. The number of aliphatic hydroxyl groups excluding tert-OH is 5. The number of hydrogen-bond acceptors (Lipinski definition) is 12. The zero-order valence-corrected chi connectivity index (χ0v) is 28.4.